The number of rotatable bonds is 4. The van der Waals surface area contributed by atoms with Crippen LogP contribution in [0.5, 0.6) is 17.2 Å². The molecule has 114 valence electrons. The maximum Gasteiger partial charge on any atom is 0.255 e. The first kappa shape index (κ1) is 14.3. The number of para-hydroxylation sites is 1. The molecule has 0 fully saturated rings. The number of carbonyl (C=O) groups is 1. The molecule has 5 nitrogen and oxygen atoms in total. The molecule has 1 aliphatic heterocycles. The van der Waals surface area contributed by atoms with Gasteiger partial charge < -0.3 is 19.5 Å². The standard InChI is InChI=1S/C17H17NO4/c1-20-13-7-5-12(6-8-13)11-18-17(19)14-3-2-4-15-16(14)22-10-9-21-15/h2-8H,9-11H2,1H3,(H,18,19). The van der Waals surface area contributed by atoms with Gasteiger partial charge in [-0.15, -0.1) is 0 Å². The van der Waals surface area contributed by atoms with Gasteiger partial charge in [-0.1, -0.05) is 18.2 Å². The number of ether oxygens (including phenoxy) is 3. The summed E-state index contributed by atoms with van der Waals surface area (Å²) in [6.45, 7) is 1.40. The Hall–Kier alpha value is -2.69. The van der Waals surface area contributed by atoms with Gasteiger partial charge in [0, 0.05) is 6.54 Å². The smallest absolute Gasteiger partial charge is 0.255 e. The minimum Gasteiger partial charge on any atom is -0.497 e. The van der Waals surface area contributed by atoms with E-state index in [1.807, 2.05) is 24.3 Å². The van der Waals surface area contributed by atoms with E-state index in [1.54, 1.807) is 25.3 Å². The van der Waals surface area contributed by atoms with Gasteiger partial charge in [0.05, 0.1) is 12.7 Å². The third-order valence-corrected chi connectivity index (χ3v) is 3.42. The molecule has 1 heterocycles. The first-order valence-corrected chi connectivity index (χ1v) is 7.07. The normalized spacial score (nSPS) is 12.6. The Morgan fingerprint density at radius 1 is 1.14 bits per heavy atom. The average molecular weight is 299 g/mol. The van der Waals surface area contributed by atoms with Gasteiger partial charge in [-0.2, -0.15) is 0 Å². The Kier molecular flexibility index (Phi) is 4.14. The summed E-state index contributed by atoms with van der Waals surface area (Å²) in [5.41, 5.74) is 1.49. The van der Waals surface area contributed by atoms with Crippen molar-refractivity contribution in [2.75, 3.05) is 20.3 Å². The summed E-state index contributed by atoms with van der Waals surface area (Å²) in [5.74, 6) is 1.74. The summed E-state index contributed by atoms with van der Waals surface area (Å²) in [6, 6.07) is 12.9. The van der Waals surface area contributed by atoms with E-state index in [4.69, 9.17) is 14.2 Å². The zero-order valence-corrected chi connectivity index (χ0v) is 12.3. The molecule has 0 aliphatic carbocycles. The number of hydrogen-bond donors (Lipinski definition) is 1. The van der Waals surface area contributed by atoms with Gasteiger partial charge in [0.15, 0.2) is 11.5 Å². The number of benzene rings is 2. The molecule has 1 aliphatic rings. The molecule has 0 radical (unpaired) electrons. The van der Waals surface area contributed by atoms with E-state index < -0.39 is 0 Å². The van der Waals surface area contributed by atoms with E-state index in [0.717, 1.165) is 11.3 Å². The van der Waals surface area contributed by atoms with Crippen molar-refractivity contribution in [3.8, 4) is 17.2 Å². The molecule has 0 atom stereocenters. The summed E-state index contributed by atoms with van der Waals surface area (Å²) < 4.78 is 16.1. The Morgan fingerprint density at radius 2 is 1.91 bits per heavy atom. The lowest BCUT2D eigenvalue weighted by Crippen LogP contribution is -2.25. The molecule has 2 aromatic rings. The zero-order valence-electron chi connectivity index (χ0n) is 12.3. The number of fused-ring (bicyclic) bond motifs is 1. The Labute approximate surface area is 128 Å². The molecule has 0 unspecified atom stereocenters. The van der Waals surface area contributed by atoms with Crippen molar-refractivity contribution >= 4 is 5.91 Å². The fraction of sp³-hybridized carbons (Fsp3) is 0.235. The molecule has 0 aromatic heterocycles. The van der Waals surface area contributed by atoms with Crippen LogP contribution in [0, 0.1) is 0 Å². The lowest BCUT2D eigenvalue weighted by atomic mass is 10.1. The minimum atomic E-state index is -0.182. The SMILES string of the molecule is COc1ccc(CNC(=O)c2cccc3c2OCCO3)cc1. The third-order valence-electron chi connectivity index (χ3n) is 3.42. The van der Waals surface area contributed by atoms with Crippen molar-refractivity contribution in [3.63, 3.8) is 0 Å². The van der Waals surface area contributed by atoms with E-state index in [9.17, 15) is 4.79 Å². The molecule has 1 N–H and O–H groups in total. The van der Waals surface area contributed by atoms with Gasteiger partial charge >= 0.3 is 0 Å². The summed E-state index contributed by atoms with van der Waals surface area (Å²) >= 11 is 0. The van der Waals surface area contributed by atoms with E-state index in [1.165, 1.54) is 0 Å². The predicted octanol–water partition coefficient (Wildman–Crippen LogP) is 2.40. The highest BCUT2D eigenvalue weighted by atomic mass is 16.6. The van der Waals surface area contributed by atoms with Crippen molar-refractivity contribution < 1.29 is 19.0 Å². The number of carbonyl (C=O) groups excluding carboxylic acids is 1. The molecule has 0 saturated heterocycles. The molecule has 1 amide bonds. The summed E-state index contributed by atoms with van der Waals surface area (Å²) in [6.07, 6.45) is 0. The van der Waals surface area contributed by atoms with Gasteiger partial charge in [0.2, 0.25) is 0 Å². The van der Waals surface area contributed by atoms with Crippen LogP contribution in [0.4, 0.5) is 0 Å². The first-order chi connectivity index (χ1) is 10.8. The van der Waals surface area contributed by atoms with Crippen LogP contribution in [0.2, 0.25) is 0 Å². The van der Waals surface area contributed by atoms with Crippen LogP contribution < -0.4 is 19.5 Å². The third kappa shape index (κ3) is 2.98. The molecule has 22 heavy (non-hydrogen) atoms. The largest absolute Gasteiger partial charge is 0.497 e. The highest BCUT2D eigenvalue weighted by molar-refractivity contribution is 5.97. The van der Waals surface area contributed by atoms with E-state index >= 15 is 0 Å². The van der Waals surface area contributed by atoms with Gasteiger partial charge in [0.1, 0.15) is 19.0 Å². The summed E-state index contributed by atoms with van der Waals surface area (Å²) in [7, 11) is 1.62. The van der Waals surface area contributed by atoms with Gasteiger partial charge in [-0.25, -0.2) is 0 Å². The van der Waals surface area contributed by atoms with Gasteiger partial charge in [0.25, 0.3) is 5.91 Å². The highest BCUT2D eigenvalue weighted by Gasteiger charge is 2.19. The molecule has 0 bridgehead atoms. The fourth-order valence-electron chi connectivity index (χ4n) is 2.27. The number of methoxy groups -OCH3 is 1. The Bertz CT molecular complexity index is 667. The number of amides is 1. The average Bonchev–Trinajstić information content (AvgIpc) is 2.59. The van der Waals surface area contributed by atoms with E-state index in [2.05, 4.69) is 5.32 Å². The van der Waals surface area contributed by atoms with Crippen molar-refractivity contribution in [2.24, 2.45) is 0 Å². The maximum atomic E-state index is 12.3. The van der Waals surface area contributed by atoms with Crippen LogP contribution in [0.25, 0.3) is 0 Å². The minimum absolute atomic E-state index is 0.182. The van der Waals surface area contributed by atoms with Gasteiger partial charge in [-0.05, 0) is 29.8 Å². The summed E-state index contributed by atoms with van der Waals surface area (Å²) in [5, 5.41) is 2.89. The topological polar surface area (TPSA) is 56.8 Å². The lowest BCUT2D eigenvalue weighted by Gasteiger charge is -2.20. The maximum absolute atomic E-state index is 12.3. The second-order valence-electron chi connectivity index (χ2n) is 4.86. The zero-order chi connectivity index (χ0) is 15.4. The van der Waals surface area contributed by atoms with Crippen LogP contribution in [-0.2, 0) is 6.54 Å². The quantitative estimate of drug-likeness (QED) is 0.942. The molecular weight excluding hydrogens is 282 g/mol. The monoisotopic (exact) mass is 299 g/mol. The molecule has 5 heteroatoms. The van der Waals surface area contributed by atoms with Crippen molar-refractivity contribution in [2.45, 2.75) is 6.54 Å². The Morgan fingerprint density at radius 3 is 2.68 bits per heavy atom. The number of nitrogens with one attached hydrogen (secondary N) is 1. The van der Waals surface area contributed by atoms with Crippen molar-refractivity contribution in [3.05, 3.63) is 53.6 Å². The van der Waals surface area contributed by atoms with E-state index in [0.29, 0.717) is 36.8 Å². The Balaban J connectivity index is 1.69. The number of hydrogen-bond acceptors (Lipinski definition) is 4. The van der Waals surface area contributed by atoms with Crippen molar-refractivity contribution in [1.29, 1.82) is 0 Å². The molecule has 0 spiro atoms. The van der Waals surface area contributed by atoms with Crippen LogP contribution in [0.3, 0.4) is 0 Å². The predicted molar refractivity (Wildman–Crippen MR) is 81.6 cm³/mol. The fourth-order valence-corrected chi connectivity index (χ4v) is 2.27. The van der Waals surface area contributed by atoms with Crippen LogP contribution >= 0.6 is 0 Å². The van der Waals surface area contributed by atoms with Crippen LogP contribution in [0.15, 0.2) is 42.5 Å². The molecule has 3 rings (SSSR count). The highest BCUT2D eigenvalue weighted by Crippen LogP contribution is 2.33. The van der Waals surface area contributed by atoms with Gasteiger partial charge in [-0.3, -0.25) is 4.79 Å². The van der Waals surface area contributed by atoms with Crippen molar-refractivity contribution in [1.82, 2.24) is 5.32 Å². The van der Waals surface area contributed by atoms with Crippen LogP contribution in [-0.4, -0.2) is 26.2 Å². The van der Waals surface area contributed by atoms with Crippen LogP contribution in [0.1, 0.15) is 15.9 Å². The molecule has 0 saturated carbocycles. The molecular formula is C17H17NO4. The lowest BCUT2D eigenvalue weighted by molar-refractivity contribution is 0.0940. The second kappa shape index (κ2) is 6.39. The molecule has 2 aromatic carbocycles. The summed E-state index contributed by atoms with van der Waals surface area (Å²) in [4.78, 5) is 12.3. The van der Waals surface area contributed by atoms with E-state index in [-0.39, 0.29) is 5.91 Å². The second-order valence-corrected chi connectivity index (χ2v) is 4.86. The first-order valence-electron chi connectivity index (χ1n) is 7.07.